The second-order valence-electron chi connectivity index (χ2n) is 9.36. The van der Waals surface area contributed by atoms with E-state index in [0.717, 1.165) is 79.1 Å². The van der Waals surface area contributed by atoms with Gasteiger partial charge < -0.3 is 10.3 Å². The van der Waals surface area contributed by atoms with Crippen LogP contribution >= 0.6 is 11.3 Å². The highest BCUT2D eigenvalue weighted by Gasteiger charge is 2.17. The van der Waals surface area contributed by atoms with E-state index in [2.05, 4.69) is 68.7 Å². The zero-order chi connectivity index (χ0) is 26.2. The van der Waals surface area contributed by atoms with Gasteiger partial charge in [-0.25, -0.2) is 4.98 Å². The lowest BCUT2D eigenvalue weighted by atomic mass is 10.1. The van der Waals surface area contributed by atoms with E-state index in [1.807, 2.05) is 37.4 Å². The Balaban J connectivity index is 1.39. The normalized spacial score (nSPS) is 11.3. The Morgan fingerprint density at radius 3 is 2.76 bits per heavy atom. The Hall–Kier alpha value is -4.56. The predicted octanol–water partition coefficient (Wildman–Crippen LogP) is 8.05. The van der Waals surface area contributed by atoms with Gasteiger partial charge in [-0.15, -0.1) is 11.3 Å². The summed E-state index contributed by atoms with van der Waals surface area (Å²) in [7, 11) is 0. The molecule has 0 bridgehead atoms. The fourth-order valence-electron chi connectivity index (χ4n) is 4.53. The van der Waals surface area contributed by atoms with E-state index >= 15 is 0 Å². The van der Waals surface area contributed by atoms with Gasteiger partial charge in [0.2, 0.25) is 0 Å². The highest BCUT2D eigenvalue weighted by Crippen LogP contribution is 2.36. The van der Waals surface area contributed by atoms with Gasteiger partial charge in [-0.3, -0.25) is 15.1 Å². The van der Waals surface area contributed by atoms with Gasteiger partial charge in [0.25, 0.3) is 0 Å². The number of rotatable bonds is 8. The zero-order valence-corrected chi connectivity index (χ0v) is 22.1. The van der Waals surface area contributed by atoms with Gasteiger partial charge in [0.1, 0.15) is 5.69 Å². The van der Waals surface area contributed by atoms with Crippen LogP contribution in [0.1, 0.15) is 31.6 Å². The summed E-state index contributed by atoms with van der Waals surface area (Å²) < 4.78 is 0. The molecule has 0 atom stereocenters. The Bertz CT molecular complexity index is 1820. The summed E-state index contributed by atoms with van der Waals surface area (Å²) in [6.45, 7) is 12.3. The molecule has 0 aliphatic rings. The molecule has 3 N–H and O–H groups in total. The molecule has 7 nitrogen and oxygen atoms in total. The van der Waals surface area contributed by atoms with Gasteiger partial charge in [0.15, 0.2) is 5.82 Å². The summed E-state index contributed by atoms with van der Waals surface area (Å²) in [4.78, 5) is 19.9. The zero-order valence-electron chi connectivity index (χ0n) is 21.3. The fourth-order valence-corrected chi connectivity index (χ4v) is 5.49. The van der Waals surface area contributed by atoms with Crippen molar-refractivity contribution in [2.24, 2.45) is 0 Å². The molecule has 0 amide bonds. The first-order chi connectivity index (χ1) is 18.5. The van der Waals surface area contributed by atoms with Crippen molar-refractivity contribution >= 4 is 44.5 Å². The summed E-state index contributed by atoms with van der Waals surface area (Å²) >= 11 is 1.73. The topological polar surface area (TPSA) is 95.2 Å². The van der Waals surface area contributed by atoms with Crippen LogP contribution in [0, 0.1) is 0 Å². The van der Waals surface area contributed by atoms with E-state index in [-0.39, 0.29) is 0 Å². The van der Waals surface area contributed by atoms with Crippen molar-refractivity contribution in [2.45, 2.75) is 26.7 Å². The minimum Gasteiger partial charge on any atom is -0.358 e. The predicted molar refractivity (Wildman–Crippen MR) is 158 cm³/mol. The molecule has 1 aromatic carbocycles. The van der Waals surface area contributed by atoms with E-state index in [4.69, 9.17) is 4.98 Å². The molecule has 188 valence electrons. The third kappa shape index (κ3) is 4.39. The maximum atomic E-state index is 5.00. The standard InChI is InChI=1S/C30H27N7S/c1-5-7-18(4)33-20-12-19(14-31-15-20)24-13-22-25(16-32-24)36-37-29(22)30-34-23-9-6-8-21(28(23)35-30)27-11-10-26(38-27)17(2)3/h6,8-16,33H,2,4-5,7H2,1,3H3,(H,34,35)(H,36,37). The van der Waals surface area contributed by atoms with Gasteiger partial charge in [-0.2, -0.15) is 5.10 Å². The van der Waals surface area contributed by atoms with E-state index in [0.29, 0.717) is 5.82 Å². The minimum atomic E-state index is 0.705. The molecule has 0 spiro atoms. The number of anilines is 1. The fraction of sp³-hybridized carbons (Fsp3) is 0.133. The number of fused-ring (bicyclic) bond motifs is 2. The van der Waals surface area contributed by atoms with E-state index in [1.54, 1.807) is 23.7 Å². The lowest BCUT2D eigenvalue weighted by Gasteiger charge is -2.09. The van der Waals surface area contributed by atoms with Crippen molar-refractivity contribution in [1.29, 1.82) is 0 Å². The molecule has 6 aromatic rings. The largest absolute Gasteiger partial charge is 0.358 e. The number of benzene rings is 1. The highest BCUT2D eigenvalue weighted by atomic mass is 32.1. The number of aromatic amines is 2. The number of nitrogens with zero attached hydrogens (tertiary/aromatic N) is 4. The summed E-state index contributed by atoms with van der Waals surface area (Å²) in [5, 5.41) is 12.0. The van der Waals surface area contributed by atoms with Crippen LogP contribution in [0.5, 0.6) is 0 Å². The van der Waals surface area contributed by atoms with Crippen molar-refractivity contribution in [2.75, 3.05) is 5.32 Å². The molecule has 0 aliphatic carbocycles. The summed E-state index contributed by atoms with van der Waals surface area (Å²) in [5.74, 6) is 0.705. The van der Waals surface area contributed by atoms with Crippen molar-refractivity contribution in [3.05, 3.63) is 84.8 Å². The Morgan fingerprint density at radius 2 is 1.95 bits per heavy atom. The Labute approximate surface area is 224 Å². The SMILES string of the molecule is C=C(CCC)Nc1cncc(-c2cc3c(-c4nc5c(-c6ccc(C(=C)C)s6)cccc5[nH]4)n[nH]c3cn2)c1. The molecule has 0 aliphatic heterocycles. The van der Waals surface area contributed by atoms with Gasteiger partial charge in [-0.05, 0) is 49.2 Å². The minimum absolute atomic E-state index is 0.705. The molecule has 0 fully saturated rings. The molecule has 5 aromatic heterocycles. The molecule has 6 rings (SSSR count). The third-order valence-corrected chi connectivity index (χ3v) is 7.66. The van der Waals surface area contributed by atoms with Crippen LogP contribution in [0.2, 0.25) is 0 Å². The Morgan fingerprint density at radius 1 is 1.05 bits per heavy atom. The second kappa shape index (κ2) is 9.72. The molecule has 0 saturated heterocycles. The average Bonchev–Trinajstić information content (AvgIpc) is 3.66. The summed E-state index contributed by atoms with van der Waals surface area (Å²) in [6, 6.07) is 14.5. The van der Waals surface area contributed by atoms with E-state index in [9.17, 15) is 0 Å². The summed E-state index contributed by atoms with van der Waals surface area (Å²) in [6.07, 6.45) is 7.36. The first-order valence-corrected chi connectivity index (χ1v) is 13.3. The average molecular weight is 518 g/mol. The van der Waals surface area contributed by atoms with Crippen molar-refractivity contribution in [3.8, 4) is 33.2 Å². The van der Waals surface area contributed by atoms with Gasteiger partial charge in [-0.1, -0.05) is 38.6 Å². The lowest BCUT2D eigenvalue weighted by Crippen LogP contribution is -1.98. The molecular weight excluding hydrogens is 490 g/mol. The molecular formula is C30H27N7S. The number of thiophene rings is 1. The number of H-pyrrole nitrogens is 2. The second-order valence-corrected chi connectivity index (χ2v) is 10.4. The lowest BCUT2D eigenvalue weighted by molar-refractivity contribution is 0.913. The van der Waals surface area contributed by atoms with Crippen molar-refractivity contribution in [3.63, 3.8) is 0 Å². The van der Waals surface area contributed by atoms with Crippen LogP contribution in [-0.4, -0.2) is 30.1 Å². The quantitative estimate of drug-likeness (QED) is 0.190. The van der Waals surface area contributed by atoms with Crippen LogP contribution < -0.4 is 5.32 Å². The molecule has 8 heteroatoms. The van der Waals surface area contributed by atoms with Crippen LogP contribution in [0.25, 0.3) is 60.7 Å². The van der Waals surface area contributed by atoms with Crippen LogP contribution in [0.15, 0.2) is 79.9 Å². The van der Waals surface area contributed by atoms with E-state index in [1.165, 1.54) is 4.88 Å². The summed E-state index contributed by atoms with van der Waals surface area (Å²) in [5.41, 5.74) is 9.19. The molecule has 0 unspecified atom stereocenters. The van der Waals surface area contributed by atoms with E-state index < -0.39 is 0 Å². The first-order valence-electron chi connectivity index (χ1n) is 12.5. The number of para-hydroxylation sites is 1. The van der Waals surface area contributed by atoms with Crippen LogP contribution in [-0.2, 0) is 0 Å². The highest BCUT2D eigenvalue weighted by molar-refractivity contribution is 7.16. The number of hydrogen-bond donors (Lipinski definition) is 3. The van der Waals surface area contributed by atoms with Crippen molar-refractivity contribution < 1.29 is 0 Å². The molecule has 5 heterocycles. The number of nitrogens with one attached hydrogen (secondary N) is 3. The monoisotopic (exact) mass is 517 g/mol. The van der Waals surface area contributed by atoms with Gasteiger partial charge in [0.05, 0.1) is 40.3 Å². The molecule has 38 heavy (non-hydrogen) atoms. The Kier molecular flexibility index (Phi) is 6.09. The maximum Gasteiger partial charge on any atom is 0.159 e. The van der Waals surface area contributed by atoms with Gasteiger partial charge in [0, 0.05) is 38.2 Å². The van der Waals surface area contributed by atoms with Gasteiger partial charge >= 0.3 is 0 Å². The van der Waals surface area contributed by atoms with Crippen molar-refractivity contribution in [1.82, 2.24) is 30.1 Å². The number of allylic oxidation sites excluding steroid dienone is 2. The molecule has 0 saturated carbocycles. The number of aromatic nitrogens is 6. The smallest absolute Gasteiger partial charge is 0.159 e. The first kappa shape index (κ1) is 23.8. The number of imidazole rings is 1. The number of hydrogen-bond acceptors (Lipinski definition) is 6. The van der Waals surface area contributed by atoms with Crippen LogP contribution in [0.4, 0.5) is 5.69 Å². The third-order valence-electron chi connectivity index (χ3n) is 6.38. The molecule has 0 radical (unpaired) electrons. The van der Waals surface area contributed by atoms with Crippen LogP contribution in [0.3, 0.4) is 0 Å². The number of pyridine rings is 2. The maximum absolute atomic E-state index is 5.00.